The summed E-state index contributed by atoms with van der Waals surface area (Å²) >= 11 is 0. The van der Waals surface area contributed by atoms with Crippen LogP contribution in [0, 0.1) is 6.92 Å². The van der Waals surface area contributed by atoms with Crippen LogP contribution in [0.1, 0.15) is 30.9 Å². The third-order valence-corrected chi connectivity index (χ3v) is 5.25. The van der Waals surface area contributed by atoms with Crippen molar-refractivity contribution in [1.29, 1.82) is 0 Å². The van der Waals surface area contributed by atoms with Gasteiger partial charge >= 0.3 is 0 Å². The first kappa shape index (κ1) is 19.2. The number of carbonyl (C=O) groups excluding carboxylic acids is 1. The van der Waals surface area contributed by atoms with Gasteiger partial charge in [-0.15, -0.1) is 0 Å². The Labute approximate surface area is 171 Å². The number of carbonyl (C=O) groups is 1. The number of likely N-dealkylation sites (N-methyl/N-ethyl adjacent to an activating group) is 1. The average Bonchev–Trinajstić information content (AvgIpc) is 2.71. The fraction of sp³-hybridized carbons (Fsp3) is 0.348. The third-order valence-electron chi connectivity index (χ3n) is 5.25. The summed E-state index contributed by atoms with van der Waals surface area (Å²) < 4.78 is 5.97. The number of rotatable bonds is 4. The van der Waals surface area contributed by atoms with Crippen LogP contribution in [0.3, 0.4) is 0 Å². The second-order valence-electron chi connectivity index (χ2n) is 7.81. The molecule has 1 aromatic heterocycles. The maximum Gasteiger partial charge on any atom is 0.266 e. The Hall–Kier alpha value is -3.15. The third kappa shape index (κ3) is 3.75. The lowest BCUT2D eigenvalue weighted by atomic mass is 10.0. The van der Waals surface area contributed by atoms with Crippen LogP contribution in [0.4, 0.5) is 11.6 Å². The van der Waals surface area contributed by atoms with Gasteiger partial charge in [0.1, 0.15) is 5.75 Å². The minimum absolute atomic E-state index is 0.0269. The number of amides is 1. The molecule has 0 fully saturated rings. The minimum Gasteiger partial charge on any atom is -0.483 e. The number of nitrogens with zero attached hydrogens (tertiary/aromatic N) is 4. The van der Waals surface area contributed by atoms with E-state index >= 15 is 0 Å². The van der Waals surface area contributed by atoms with Crippen molar-refractivity contribution in [2.45, 2.75) is 26.7 Å². The standard InChI is InChI=1S/C23H26N4O2/c1-15(2)17-10-9-16(3)13-20(17)29-14-21(28)27-12-11-26(4)22-23(27)25-19-8-6-5-7-18(19)24-22/h5-10,13,15H,11-12,14H2,1-4H3. The molecule has 1 amide bonds. The monoisotopic (exact) mass is 390 g/mol. The van der Waals surface area contributed by atoms with Gasteiger partial charge in [-0.2, -0.15) is 0 Å². The summed E-state index contributed by atoms with van der Waals surface area (Å²) in [6.45, 7) is 7.50. The van der Waals surface area contributed by atoms with Crippen molar-refractivity contribution in [3.8, 4) is 5.75 Å². The van der Waals surface area contributed by atoms with E-state index in [1.54, 1.807) is 4.90 Å². The number of ether oxygens (including phenoxy) is 1. The number of aryl methyl sites for hydroxylation is 1. The van der Waals surface area contributed by atoms with Gasteiger partial charge in [-0.25, -0.2) is 9.97 Å². The van der Waals surface area contributed by atoms with Crippen LogP contribution in [0.5, 0.6) is 5.75 Å². The molecule has 1 aliphatic heterocycles. The highest BCUT2D eigenvalue weighted by Gasteiger charge is 2.29. The average molecular weight is 390 g/mol. The summed E-state index contributed by atoms with van der Waals surface area (Å²) in [5.41, 5.74) is 3.82. The molecule has 0 N–H and O–H groups in total. The zero-order chi connectivity index (χ0) is 20.5. The molecular formula is C23H26N4O2. The molecule has 0 saturated heterocycles. The Morgan fingerprint density at radius 1 is 1.07 bits per heavy atom. The van der Waals surface area contributed by atoms with Crippen LogP contribution >= 0.6 is 0 Å². The second-order valence-corrected chi connectivity index (χ2v) is 7.81. The Bertz CT molecular complexity index is 1060. The molecule has 29 heavy (non-hydrogen) atoms. The highest BCUT2D eigenvalue weighted by Crippen LogP contribution is 2.31. The largest absolute Gasteiger partial charge is 0.483 e. The number of hydrogen-bond acceptors (Lipinski definition) is 5. The van der Waals surface area contributed by atoms with Crippen molar-refractivity contribution in [2.24, 2.45) is 0 Å². The first-order valence-electron chi connectivity index (χ1n) is 9.95. The Morgan fingerprint density at radius 2 is 1.76 bits per heavy atom. The molecular weight excluding hydrogens is 364 g/mol. The van der Waals surface area contributed by atoms with Crippen LogP contribution in [0.15, 0.2) is 42.5 Å². The molecule has 6 nitrogen and oxygen atoms in total. The molecule has 2 heterocycles. The van der Waals surface area contributed by atoms with Gasteiger partial charge in [0.05, 0.1) is 11.0 Å². The Morgan fingerprint density at radius 3 is 2.45 bits per heavy atom. The van der Waals surface area contributed by atoms with Gasteiger partial charge in [0.25, 0.3) is 5.91 Å². The van der Waals surface area contributed by atoms with Crippen LogP contribution in [-0.4, -0.2) is 42.6 Å². The molecule has 0 saturated carbocycles. The fourth-order valence-electron chi connectivity index (χ4n) is 3.58. The number of fused-ring (bicyclic) bond motifs is 2. The minimum atomic E-state index is -0.111. The molecule has 0 bridgehead atoms. The lowest BCUT2D eigenvalue weighted by Crippen LogP contribution is -2.45. The summed E-state index contributed by atoms with van der Waals surface area (Å²) in [5.74, 6) is 2.30. The van der Waals surface area contributed by atoms with E-state index in [2.05, 4.69) is 26.0 Å². The number of para-hydroxylation sites is 2. The van der Waals surface area contributed by atoms with Crippen molar-refractivity contribution < 1.29 is 9.53 Å². The molecule has 4 rings (SSSR count). The molecule has 0 unspecified atom stereocenters. The van der Waals surface area contributed by atoms with Crippen molar-refractivity contribution in [3.63, 3.8) is 0 Å². The topological polar surface area (TPSA) is 58.6 Å². The molecule has 150 valence electrons. The van der Waals surface area contributed by atoms with E-state index in [1.807, 2.05) is 49.2 Å². The molecule has 0 aliphatic carbocycles. The maximum absolute atomic E-state index is 13.1. The Balaban J connectivity index is 1.60. The molecule has 0 radical (unpaired) electrons. The quantitative estimate of drug-likeness (QED) is 0.676. The molecule has 3 aromatic rings. The van der Waals surface area contributed by atoms with Crippen LogP contribution in [0.2, 0.25) is 0 Å². The zero-order valence-corrected chi connectivity index (χ0v) is 17.3. The molecule has 1 aliphatic rings. The molecule has 2 aromatic carbocycles. The van der Waals surface area contributed by atoms with Crippen LogP contribution in [-0.2, 0) is 4.79 Å². The van der Waals surface area contributed by atoms with Crippen molar-refractivity contribution in [3.05, 3.63) is 53.6 Å². The van der Waals surface area contributed by atoms with Crippen LogP contribution < -0.4 is 14.5 Å². The van der Waals surface area contributed by atoms with Gasteiger partial charge in [0.2, 0.25) is 0 Å². The maximum atomic E-state index is 13.1. The number of anilines is 2. The summed E-state index contributed by atoms with van der Waals surface area (Å²) in [5, 5.41) is 0. The highest BCUT2D eigenvalue weighted by molar-refractivity contribution is 5.98. The summed E-state index contributed by atoms with van der Waals surface area (Å²) in [6.07, 6.45) is 0. The van der Waals surface area contributed by atoms with Gasteiger partial charge in [0, 0.05) is 20.1 Å². The lowest BCUT2D eigenvalue weighted by Gasteiger charge is -2.33. The number of hydrogen-bond donors (Lipinski definition) is 0. The lowest BCUT2D eigenvalue weighted by molar-refractivity contribution is -0.120. The van der Waals surface area contributed by atoms with E-state index in [9.17, 15) is 4.79 Å². The van der Waals surface area contributed by atoms with E-state index in [0.717, 1.165) is 33.7 Å². The fourth-order valence-corrected chi connectivity index (χ4v) is 3.58. The van der Waals surface area contributed by atoms with Crippen molar-refractivity contribution in [1.82, 2.24) is 9.97 Å². The van der Waals surface area contributed by atoms with Crippen molar-refractivity contribution in [2.75, 3.05) is 36.5 Å². The molecule has 6 heteroatoms. The van der Waals surface area contributed by atoms with E-state index in [0.29, 0.717) is 24.8 Å². The number of aromatic nitrogens is 2. The first-order valence-corrected chi connectivity index (χ1v) is 9.95. The summed E-state index contributed by atoms with van der Waals surface area (Å²) in [4.78, 5) is 26.2. The van der Waals surface area contributed by atoms with Gasteiger partial charge < -0.3 is 9.64 Å². The Kier molecular flexibility index (Phi) is 5.09. The van der Waals surface area contributed by atoms with E-state index in [-0.39, 0.29) is 12.5 Å². The summed E-state index contributed by atoms with van der Waals surface area (Å²) in [6, 6.07) is 13.9. The normalized spacial score (nSPS) is 13.7. The van der Waals surface area contributed by atoms with Gasteiger partial charge in [-0.05, 0) is 42.2 Å². The first-order chi connectivity index (χ1) is 13.9. The van der Waals surface area contributed by atoms with Crippen LogP contribution in [0.25, 0.3) is 11.0 Å². The predicted molar refractivity (Wildman–Crippen MR) is 116 cm³/mol. The highest BCUT2D eigenvalue weighted by atomic mass is 16.5. The van der Waals surface area contributed by atoms with Gasteiger partial charge in [0.15, 0.2) is 18.2 Å². The second kappa shape index (κ2) is 7.70. The van der Waals surface area contributed by atoms with Gasteiger partial charge in [-0.3, -0.25) is 9.69 Å². The smallest absolute Gasteiger partial charge is 0.266 e. The van der Waals surface area contributed by atoms with E-state index in [4.69, 9.17) is 14.7 Å². The molecule has 0 spiro atoms. The number of benzene rings is 2. The zero-order valence-electron chi connectivity index (χ0n) is 17.3. The van der Waals surface area contributed by atoms with E-state index in [1.165, 1.54) is 0 Å². The summed E-state index contributed by atoms with van der Waals surface area (Å²) in [7, 11) is 1.97. The SMILES string of the molecule is Cc1ccc(C(C)C)c(OCC(=O)N2CCN(C)c3nc4ccccc4nc32)c1. The predicted octanol–water partition coefficient (Wildman–Crippen LogP) is 3.92. The van der Waals surface area contributed by atoms with Gasteiger partial charge in [-0.1, -0.05) is 38.1 Å². The van der Waals surface area contributed by atoms with E-state index < -0.39 is 0 Å². The molecule has 0 atom stereocenters. The van der Waals surface area contributed by atoms with Crippen molar-refractivity contribution >= 4 is 28.6 Å².